The molecule has 0 bridgehead atoms. The SMILES string of the molecule is CCNC(=NCCS(=O)(=O)NCc1ccccc1)Nc1ccc(OCC)c(OC)c1.I. The molecular weight excluding hydrogens is 531 g/mol. The lowest BCUT2D eigenvalue weighted by molar-refractivity contribution is 0.311. The van der Waals surface area contributed by atoms with Crippen molar-refractivity contribution in [1.82, 2.24) is 10.0 Å². The molecule has 0 aliphatic carbocycles. The number of guanidine groups is 1. The van der Waals surface area contributed by atoms with E-state index in [9.17, 15) is 8.42 Å². The molecule has 0 aliphatic heterocycles. The minimum Gasteiger partial charge on any atom is -0.493 e. The van der Waals surface area contributed by atoms with E-state index in [4.69, 9.17) is 9.47 Å². The first-order valence-electron chi connectivity index (χ1n) is 9.84. The van der Waals surface area contributed by atoms with Crippen LogP contribution in [0.2, 0.25) is 0 Å². The maximum atomic E-state index is 12.2. The third kappa shape index (κ3) is 9.74. The van der Waals surface area contributed by atoms with Gasteiger partial charge in [0.2, 0.25) is 10.0 Å². The molecule has 0 aliphatic rings. The fourth-order valence-corrected chi connectivity index (χ4v) is 3.47. The normalized spacial score (nSPS) is 11.4. The van der Waals surface area contributed by atoms with E-state index in [-0.39, 0.29) is 42.8 Å². The summed E-state index contributed by atoms with van der Waals surface area (Å²) >= 11 is 0. The molecule has 0 saturated carbocycles. The second kappa shape index (κ2) is 14.1. The van der Waals surface area contributed by atoms with Crippen molar-refractivity contribution >= 4 is 45.6 Å². The molecule has 3 N–H and O–H groups in total. The second-order valence-corrected chi connectivity index (χ2v) is 8.24. The number of nitrogens with one attached hydrogen (secondary N) is 3. The summed E-state index contributed by atoms with van der Waals surface area (Å²) in [6, 6.07) is 14.8. The first-order valence-corrected chi connectivity index (χ1v) is 11.5. The first-order chi connectivity index (χ1) is 14.5. The van der Waals surface area contributed by atoms with Crippen molar-refractivity contribution in [3.8, 4) is 11.5 Å². The van der Waals surface area contributed by atoms with Crippen molar-refractivity contribution in [1.29, 1.82) is 0 Å². The van der Waals surface area contributed by atoms with E-state index in [1.807, 2.05) is 56.3 Å². The highest BCUT2D eigenvalue weighted by molar-refractivity contribution is 14.0. The van der Waals surface area contributed by atoms with Gasteiger partial charge in [0.15, 0.2) is 17.5 Å². The van der Waals surface area contributed by atoms with Crippen LogP contribution in [0.1, 0.15) is 19.4 Å². The average Bonchev–Trinajstić information content (AvgIpc) is 2.74. The lowest BCUT2D eigenvalue weighted by Crippen LogP contribution is -2.32. The van der Waals surface area contributed by atoms with Crippen LogP contribution in [0.15, 0.2) is 53.5 Å². The number of rotatable bonds is 11. The van der Waals surface area contributed by atoms with Crippen molar-refractivity contribution in [3.63, 3.8) is 0 Å². The fourth-order valence-electron chi connectivity index (χ4n) is 2.60. The zero-order valence-corrected chi connectivity index (χ0v) is 21.2. The zero-order chi connectivity index (χ0) is 21.8. The van der Waals surface area contributed by atoms with Crippen molar-refractivity contribution in [2.45, 2.75) is 20.4 Å². The Labute approximate surface area is 201 Å². The fraction of sp³-hybridized carbons (Fsp3) is 0.381. The number of sulfonamides is 1. The Morgan fingerprint density at radius 3 is 2.45 bits per heavy atom. The molecule has 0 saturated heterocycles. The molecule has 0 heterocycles. The Hall–Kier alpha value is -2.05. The molecule has 2 aromatic rings. The molecule has 0 spiro atoms. The molecule has 0 amide bonds. The number of benzene rings is 2. The van der Waals surface area contributed by atoms with Gasteiger partial charge in [0.25, 0.3) is 0 Å². The molecule has 8 nitrogen and oxygen atoms in total. The smallest absolute Gasteiger partial charge is 0.213 e. The largest absolute Gasteiger partial charge is 0.493 e. The molecular formula is C21H31IN4O4S. The molecule has 0 aromatic heterocycles. The minimum atomic E-state index is -3.44. The summed E-state index contributed by atoms with van der Waals surface area (Å²) in [6.07, 6.45) is 0. The quantitative estimate of drug-likeness (QED) is 0.221. The van der Waals surface area contributed by atoms with Gasteiger partial charge in [-0.25, -0.2) is 13.1 Å². The summed E-state index contributed by atoms with van der Waals surface area (Å²) in [5, 5.41) is 6.26. The van der Waals surface area contributed by atoms with Gasteiger partial charge in [0.1, 0.15) is 0 Å². The number of ether oxygens (including phenoxy) is 2. The number of nitrogens with zero attached hydrogens (tertiary/aromatic N) is 1. The highest BCUT2D eigenvalue weighted by Crippen LogP contribution is 2.30. The standard InChI is InChI=1S/C21H30N4O4S.HI/c1-4-22-21(25-18-11-12-19(29-5-2)20(15-18)28-3)23-13-14-30(26,27)24-16-17-9-7-6-8-10-17;/h6-12,15,24H,4-5,13-14,16H2,1-3H3,(H2,22,23,25);1H. The molecule has 0 radical (unpaired) electrons. The maximum absolute atomic E-state index is 12.2. The number of halogens is 1. The number of anilines is 1. The van der Waals surface area contributed by atoms with Gasteiger partial charge in [-0.3, -0.25) is 4.99 Å². The molecule has 0 fully saturated rings. The van der Waals surface area contributed by atoms with Crippen molar-refractivity contribution in [3.05, 3.63) is 54.1 Å². The van der Waals surface area contributed by atoms with E-state index in [0.717, 1.165) is 11.3 Å². The van der Waals surface area contributed by atoms with Crippen LogP contribution in [-0.2, 0) is 16.6 Å². The third-order valence-corrected chi connectivity index (χ3v) is 5.34. The summed E-state index contributed by atoms with van der Waals surface area (Å²) in [7, 11) is -1.86. The second-order valence-electron chi connectivity index (χ2n) is 6.31. The summed E-state index contributed by atoms with van der Waals surface area (Å²) in [5.41, 5.74) is 1.66. The van der Waals surface area contributed by atoms with E-state index in [1.165, 1.54) is 0 Å². The maximum Gasteiger partial charge on any atom is 0.213 e. The van der Waals surface area contributed by atoms with Crippen LogP contribution in [0.25, 0.3) is 0 Å². The van der Waals surface area contributed by atoms with E-state index >= 15 is 0 Å². The van der Waals surface area contributed by atoms with E-state index in [1.54, 1.807) is 13.2 Å². The Balaban J connectivity index is 0.00000480. The van der Waals surface area contributed by atoms with Gasteiger partial charge in [-0.15, -0.1) is 24.0 Å². The van der Waals surface area contributed by atoms with Crippen LogP contribution in [0, 0.1) is 0 Å². The lowest BCUT2D eigenvalue weighted by Gasteiger charge is -2.14. The van der Waals surface area contributed by atoms with Crippen molar-refractivity contribution in [2.75, 3.05) is 37.9 Å². The predicted molar refractivity (Wildman–Crippen MR) is 136 cm³/mol. The van der Waals surface area contributed by atoms with Gasteiger partial charge in [0.05, 0.1) is 26.0 Å². The van der Waals surface area contributed by atoms with Crippen LogP contribution < -0.4 is 24.8 Å². The van der Waals surface area contributed by atoms with Crippen molar-refractivity contribution in [2.24, 2.45) is 4.99 Å². The minimum absolute atomic E-state index is 0. The number of hydrogen-bond donors (Lipinski definition) is 3. The summed E-state index contributed by atoms with van der Waals surface area (Å²) < 4.78 is 37.9. The third-order valence-electron chi connectivity index (χ3n) is 4.04. The molecule has 172 valence electrons. The Kier molecular flexibility index (Phi) is 12.3. The number of methoxy groups -OCH3 is 1. The van der Waals surface area contributed by atoms with Gasteiger partial charge in [-0.1, -0.05) is 30.3 Å². The van der Waals surface area contributed by atoms with Crippen LogP contribution in [0.4, 0.5) is 5.69 Å². The number of aliphatic imine (C=N–C) groups is 1. The van der Waals surface area contributed by atoms with Gasteiger partial charge in [-0.2, -0.15) is 0 Å². The molecule has 0 atom stereocenters. The van der Waals surface area contributed by atoms with Crippen LogP contribution in [0.3, 0.4) is 0 Å². The summed E-state index contributed by atoms with van der Waals surface area (Å²) in [4.78, 5) is 4.37. The van der Waals surface area contributed by atoms with Gasteiger partial charge in [0, 0.05) is 24.8 Å². The predicted octanol–water partition coefficient (Wildman–Crippen LogP) is 3.21. The highest BCUT2D eigenvalue weighted by Gasteiger charge is 2.10. The molecule has 2 rings (SSSR count). The van der Waals surface area contributed by atoms with Crippen LogP contribution >= 0.6 is 24.0 Å². The highest BCUT2D eigenvalue weighted by atomic mass is 127. The summed E-state index contributed by atoms with van der Waals surface area (Å²) in [5.74, 6) is 1.64. The lowest BCUT2D eigenvalue weighted by atomic mass is 10.2. The van der Waals surface area contributed by atoms with Gasteiger partial charge < -0.3 is 20.1 Å². The van der Waals surface area contributed by atoms with E-state index in [0.29, 0.717) is 30.6 Å². The average molecular weight is 562 g/mol. The van der Waals surface area contributed by atoms with Crippen LogP contribution in [-0.4, -0.2) is 46.9 Å². The molecule has 0 unspecified atom stereocenters. The Morgan fingerprint density at radius 2 is 1.81 bits per heavy atom. The van der Waals surface area contributed by atoms with Crippen molar-refractivity contribution < 1.29 is 17.9 Å². The Bertz CT molecular complexity index is 924. The monoisotopic (exact) mass is 562 g/mol. The molecule has 31 heavy (non-hydrogen) atoms. The summed E-state index contributed by atoms with van der Waals surface area (Å²) in [6.45, 7) is 5.41. The number of hydrogen-bond acceptors (Lipinski definition) is 5. The van der Waals surface area contributed by atoms with E-state index < -0.39 is 10.0 Å². The molecule has 10 heteroatoms. The molecule has 2 aromatic carbocycles. The topological polar surface area (TPSA) is 101 Å². The Morgan fingerprint density at radius 1 is 1.06 bits per heavy atom. The van der Waals surface area contributed by atoms with Gasteiger partial charge in [-0.05, 0) is 31.5 Å². The first kappa shape index (κ1) is 27.0. The van der Waals surface area contributed by atoms with Gasteiger partial charge >= 0.3 is 0 Å². The van der Waals surface area contributed by atoms with E-state index in [2.05, 4.69) is 20.3 Å². The van der Waals surface area contributed by atoms with Crippen LogP contribution in [0.5, 0.6) is 11.5 Å². The zero-order valence-electron chi connectivity index (χ0n) is 18.1.